The molecule has 27 heavy (non-hydrogen) atoms. The lowest BCUT2D eigenvalue weighted by Gasteiger charge is -2.31. The molecule has 0 spiro atoms. The average Bonchev–Trinajstić information content (AvgIpc) is 3.36. The molecule has 0 aliphatic carbocycles. The van der Waals surface area contributed by atoms with Crippen molar-refractivity contribution in [2.75, 3.05) is 49.6 Å². The Hall–Kier alpha value is -2.38. The number of nitrogens with zero attached hydrogens (tertiary/aromatic N) is 3. The second kappa shape index (κ2) is 8.10. The number of hydrogen-bond donors (Lipinski definition) is 2. The van der Waals surface area contributed by atoms with Crippen LogP contribution in [0.2, 0.25) is 0 Å². The van der Waals surface area contributed by atoms with E-state index in [0.717, 1.165) is 45.8 Å². The molecule has 2 aromatic rings. The third-order valence-corrected chi connectivity index (χ3v) is 5.31. The number of anilines is 2. The fourth-order valence-electron chi connectivity index (χ4n) is 3.74. The second-order valence-electron chi connectivity index (χ2n) is 7.29. The van der Waals surface area contributed by atoms with Gasteiger partial charge in [0.15, 0.2) is 0 Å². The number of benzene rings is 1. The highest BCUT2D eigenvalue weighted by molar-refractivity contribution is 5.91. The number of aromatic nitrogens is 2. The molecule has 7 heteroatoms. The summed E-state index contributed by atoms with van der Waals surface area (Å²) in [5.74, 6) is 0.684. The van der Waals surface area contributed by atoms with Crippen LogP contribution in [0.25, 0.3) is 0 Å². The molecule has 0 saturated carbocycles. The molecule has 1 aromatic heterocycles. The molecule has 0 radical (unpaired) electrons. The highest BCUT2D eigenvalue weighted by Crippen LogP contribution is 2.25. The predicted octanol–water partition coefficient (Wildman–Crippen LogP) is 1.62. The largest absolute Gasteiger partial charge is 0.378 e. The van der Waals surface area contributed by atoms with Crippen LogP contribution in [0.15, 0.2) is 30.6 Å². The fourth-order valence-corrected chi connectivity index (χ4v) is 3.74. The van der Waals surface area contributed by atoms with Crippen LogP contribution in [0.1, 0.15) is 17.5 Å². The van der Waals surface area contributed by atoms with E-state index in [4.69, 9.17) is 4.74 Å². The Labute approximate surface area is 159 Å². The molecular weight excluding hydrogens is 342 g/mol. The average molecular weight is 369 g/mol. The van der Waals surface area contributed by atoms with E-state index in [1.807, 2.05) is 10.8 Å². The number of amides is 1. The number of nitrogens with one attached hydrogen (secondary N) is 2. The Morgan fingerprint density at radius 2 is 2.22 bits per heavy atom. The predicted molar refractivity (Wildman–Crippen MR) is 105 cm³/mol. The Morgan fingerprint density at radius 1 is 1.37 bits per heavy atom. The Bertz CT molecular complexity index is 791. The zero-order valence-electron chi connectivity index (χ0n) is 15.8. The van der Waals surface area contributed by atoms with E-state index >= 15 is 0 Å². The minimum Gasteiger partial charge on any atom is -0.378 e. The van der Waals surface area contributed by atoms with Crippen molar-refractivity contribution in [3.05, 3.63) is 41.7 Å². The molecule has 1 aromatic carbocycles. The summed E-state index contributed by atoms with van der Waals surface area (Å²) < 4.78 is 7.51. The van der Waals surface area contributed by atoms with E-state index in [-0.39, 0.29) is 11.8 Å². The van der Waals surface area contributed by atoms with Crippen molar-refractivity contribution in [2.24, 2.45) is 5.92 Å². The van der Waals surface area contributed by atoms with Crippen molar-refractivity contribution < 1.29 is 9.53 Å². The van der Waals surface area contributed by atoms with Crippen molar-refractivity contribution in [1.82, 2.24) is 14.9 Å². The number of morpholine rings is 1. The summed E-state index contributed by atoms with van der Waals surface area (Å²) in [6, 6.07) is 6.55. The maximum absolute atomic E-state index is 12.4. The van der Waals surface area contributed by atoms with Crippen molar-refractivity contribution in [1.29, 1.82) is 0 Å². The molecule has 4 rings (SSSR count). The lowest BCUT2D eigenvalue weighted by molar-refractivity contribution is -0.119. The van der Waals surface area contributed by atoms with Crippen LogP contribution in [-0.2, 0) is 16.1 Å². The Morgan fingerprint density at radius 3 is 3.00 bits per heavy atom. The van der Waals surface area contributed by atoms with Crippen molar-refractivity contribution in [3.8, 4) is 0 Å². The summed E-state index contributed by atoms with van der Waals surface area (Å²) in [7, 11) is 0. The van der Waals surface area contributed by atoms with Gasteiger partial charge in [-0.1, -0.05) is 12.1 Å². The number of ether oxygens (including phenoxy) is 1. The summed E-state index contributed by atoms with van der Waals surface area (Å²) in [5.41, 5.74) is 3.70. The first-order valence-corrected chi connectivity index (χ1v) is 9.65. The molecule has 2 saturated heterocycles. The lowest BCUT2D eigenvalue weighted by atomic mass is 10.1. The normalized spacial score (nSPS) is 20.0. The first kappa shape index (κ1) is 18.0. The fraction of sp³-hybridized carbons (Fsp3) is 0.500. The van der Waals surface area contributed by atoms with Crippen LogP contribution in [-0.4, -0.2) is 54.9 Å². The van der Waals surface area contributed by atoms with Gasteiger partial charge in [0.25, 0.3) is 0 Å². The first-order valence-electron chi connectivity index (χ1n) is 9.65. The van der Waals surface area contributed by atoms with E-state index in [2.05, 4.69) is 45.6 Å². The third kappa shape index (κ3) is 4.14. The van der Waals surface area contributed by atoms with E-state index in [1.54, 1.807) is 6.20 Å². The van der Waals surface area contributed by atoms with Gasteiger partial charge in [0.05, 0.1) is 25.7 Å². The topological polar surface area (TPSA) is 71.4 Å². The SMILES string of the molecule is Cc1ccc(Cn2ccnc2NC(=O)[C@H]2CCNC2)c(N2CCOCC2)c1. The molecule has 2 fully saturated rings. The lowest BCUT2D eigenvalue weighted by Crippen LogP contribution is -2.37. The van der Waals surface area contributed by atoms with Crippen LogP contribution in [0.5, 0.6) is 0 Å². The molecular formula is C20H27N5O2. The second-order valence-corrected chi connectivity index (χ2v) is 7.29. The summed E-state index contributed by atoms with van der Waals surface area (Å²) >= 11 is 0. The monoisotopic (exact) mass is 369 g/mol. The van der Waals surface area contributed by atoms with Gasteiger partial charge in [-0.3, -0.25) is 10.1 Å². The van der Waals surface area contributed by atoms with Crippen LogP contribution >= 0.6 is 0 Å². The van der Waals surface area contributed by atoms with E-state index in [1.165, 1.54) is 16.8 Å². The van der Waals surface area contributed by atoms with Gasteiger partial charge in [-0.15, -0.1) is 0 Å². The van der Waals surface area contributed by atoms with Crippen molar-refractivity contribution in [3.63, 3.8) is 0 Å². The Balaban J connectivity index is 1.53. The minimum atomic E-state index is 0.0263. The van der Waals surface area contributed by atoms with E-state index in [9.17, 15) is 4.79 Å². The molecule has 1 atom stereocenters. The third-order valence-electron chi connectivity index (χ3n) is 5.31. The zero-order chi connectivity index (χ0) is 18.6. The molecule has 1 amide bonds. The highest BCUT2D eigenvalue weighted by Gasteiger charge is 2.23. The molecule has 2 aliphatic heterocycles. The molecule has 3 heterocycles. The number of imidazole rings is 1. The molecule has 2 aliphatic rings. The first-order chi connectivity index (χ1) is 13.2. The van der Waals surface area contributed by atoms with E-state index < -0.39 is 0 Å². The van der Waals surface area contributed by atoms with Crippen LogP contribution in [0.3, 0.4) is 0 Å². The number of carbonyl (C=O) groups is 1. The van der Waals surface area contributed by atoms with Crippen LogP contribution < -0.4 is 15.5 Å². The maximum Gasteiger partial charge on any atom is 0.231 e. The summed E-state index contributed by atoms with van der Waals surface area (Å²) in [6.45, 7) is 7.75. The molecule has 144 valence electrons. The van der Waals surface area contributed by atoms with Gasteiger partial charge in [0.1, 0.15) is 0 Å². The highest BCUT2D eigenvalue weighted by atomic mass is 16.5. The van der Waals surface area contributed by atoms with Gasteiger partial charge >= 0.3 is 0 Å². The van der Waals surface area contributed by atoms with Gasteiger partial charge in [0, 0.05) is 37.7 Å². The molecule has 2 N–H and O–H groups in total. The van der Waals surface area contributed by atoms with Gasteiger partial charge in [-0.05, 0) is 37.1 Å². The van der Waals surface area contributed by atoms with Crippen molar-refractivity contribution in [2.45, 2.75) is 19.9 Å². The number of aryl methyl sites for hydroxylation is 1. The van der Waals surface area contributed by atoms with Gasteiger partial charge in [0.2, 0.25) is 11.9 Å². The van der Waals surface area contributed by atoms with Crippen LogP contribution in [0, 0.1) is 12.8 Å². The summed E-state index contributed by atoms with van der Waals surface area (Å²) in [4.78, 5) is 19.2. The van der Waals surface area contributed by atoms with Crippen LogP contribution in [0.4, 0.5) is 11.6 Å². The number of carbonyl (C=O) groups excluding carboxylic acids is 1. The number of rotatable bonds is 5. The minimum absolute atomic E-state index is 0.0263. The number of hydrogen-bond acceptors (Lipinski definition) is 5. The maximum atomic E-state index is 12.4. The van der Waals surface area contributed by atoms with E-state index in [0.29, 0.717) is 12.5 Å². The quantitative estimate of drug-likeness (QED) is 0.838. The van der Waals surface area contributed by atoms with Gasteiger partial charge < -0.3 is 19.5 Å². The standard InChI is InChI=1S/C20H27N5O2/c1-15-2-3-17(18(12-15)24-8-10-27-11-9-24)14-25-7-6-22-20(25)23-19(26)16-4-5-21-13-16/h2-3,6-7,12,16,21H,4-5,8-11,13-14H2,1H3,(H,22,23,26)/t16-/m0/s1. The zero-order valence-corrected chi connectivity index (χ0v) is 15.8. The smallest absolute Gasteiger partial charge is 0.231 e. The Kier molecular flexibility index (Phi) is 5.40. The summed E-state index contributed by atoms with van der Waals surface area (Å²) in [5, 5.41) is 6.24. The van der Waals surface area contributed by atoms with Gasteiger partial charge in [-0.2, -0.15) is 0 Å². The summed E-state index contributed by atoms with van der Waals surface area (Å²) in [6.07, 6.45) is 4.54. The van der Waals surface area contributed by atoms with Gasteiger partial charge in [-0.25, -0.2) is 4.98 Å². The molecule has 0 unspecified atom stereocenters. The molecule has 7 nitrogen and oxygen atoms in total. The molecule has 0 bridgehead atoms. The van der Waals surface area contributed by atoms with Crippen molar-refractivity contribution >= 4 is 17.5 Å².